The molecule has 0 aromatic heterocycles. The van der Waals surface area contributed by atoms with Crippen molar-refractivity contribution in [3.05, 3.63) is 59.9 Å². The van der Waals surface area contributed by atoms with E-state index in [0.29, 0.717) is 33.9 Å². The Morgan fingerprint density at radius 2 is 2.07 bits per heavy atom. The topological polar surface area (TPSA) is 41.9 Å². The van der Waals surface area contributed by atoms with Crippen molar-refractivity contribution in [1.82, 2.24) is 4.90 Å². The second kappa shape index (κ2) is 9.65. The van der Waals surface area contributed by atoms with Crippen LogP contribution in [0.1, 0.15) is 19.4 Å². The normalized spacial score (nSPS) is 17.0. The molecule has 3 rings (SSSR count). The van der Waals surface area contributed by atoms with Crippen molar-refractivity contribution >= 4 is 84.7 Å². The van der Waals surface area contributed by atoms with E-state index in [4.69, 9.17) is 16.3 Å². The van der Waals surface area contributed by atoms with Gasteiger partial charge in [0.1, 0.15) is 5.75 Å². The molecule has 2 aromatic rings. The number of amides is 1. The molecule has 0 spiro atoms. The van der Waals surface area contributed by atoms with Crippen LogP contribution in [-0.4, -0.2) is 29.1 Å². The van der Waals surface area contributed by atoms with E-state index in [1.807, 2.05) is 50.3 Å². The van der Waals surface area contributed by atoms with Crippen LogP contribution in [-0.2, 0) is 4.79 Å². The number of halogens is 3. The quantitative estimate of drug-likeness (QED) is 0.286. The Morgan fingerprint density at radius 3 is 2.71 bits per heavy atom. The summed E-state index contributed by atoms with van der Waals surface area (Å²) in [7, 11) is 0. The maximum absolute atomic E-state index is 12.8. The summed E-state index contributed by atoms with van der Waals surface area (Å²) in [5.74, 6) is 0.804. The molecule has 0 saturated carbocycles. The molecule has 1 amide bonds. The smallest absolute Gasteiger partial charge is 0.266 e. The van der Waals surface area contributed by atoms with E-state index in [2.05, 4.69) is 43.5 Å². The molecular weight excluding hydrogens is 575 g/mol. The molecule has 2 aromatic carbocycles. The first-order chi connectivity index (χ1) is 13.4. The zero-order chi connectivity index (χ0) is 20.3. The number of amidine groups is 1. The van der Waals surface area contributed by atoms with E-state index in [1.165, 1.54) is 11.8 Å². The Hall–Kier alpha value is -1.03. The third-order valence-electron chi connectivity index (χ3n) is 3.89. The number of ether oxygens (including phenoxy) is 1. The van der Waals surface area contributed by atoms with Crippen molar-refractivity contribution < 1.29 is 9.53 Å². The Morgan fingerprint density at radius 1 is 1.29 bits per heavy atom. The molecule has 0 atom stereocenters. The van der Waals surface area contributed by atoms with Gasteiger partial charge in [0.25, 0.3) is 5.91 Å². The molecule has 0 N–H and O–H groups in total. The number of aliphatic imine (C=N–C) groups is 1. The number of carbonyl (C=O) groups excluding carboxylic acids is 1. The summed E-state index contributed by atoms with van der Waals surface area (Å²) in [6, 6.07) is 11.4. The van der Waals surface area contributed by atoms with Crippen LogP contribution in [0.2, 0.25) is 5.02 Å². The number of likely N-dealkylation sites (N-methyl/N-ethyl adjacent to an activating group) is 1. The van der Waals surface area contributed by atoms with Crippen molar-refractivity contribution in [2.45, 2.75) is 13.8 Å². The molecule has 1 saturated heterocycles. The zero-order valence-corrected chi connectivity index (χ0v) is 20.5. The molecule has 0 bridgehead atoms. The molecule has 8 heteroatoms. The predicted octanol–water partition coefficient (Wildman–Crippen LogP) is 6.73. The maximum atomic E-state index is 12.8. The molecule has 1 aliphatic rings. The minimum atomic E-state index is -0.0432. The highest BCUT2D eigenvalue weighted by molar-refractivity contribution is 14.1. The van der Waals surface area contributed by atoms with E-state index in [-0.39, 0.29) is 5.91 Å². The van der Waals surface area contributed by atoms with E-state index in [9.17, 15) is 4.79 Å². The SMILES string of the molecule is CCOc1ccc(/C=C2\SC(=Nc3ccc(Br)c(Cl)c3)N(CC)C2=O)cc1I. The van der Waals surface area contributed by atoms with Crippen LogP contribution in [0.4, 0.5) is 5.69 Å². The van der Waals surface area contributed by atoms with Crippen LogP contribution < -0.4 is 4.74 Å². The monoisotopic (exact) mass is 590 g/mol. The number of benzene rings is 2. The van der Waals surface area contributed by atoms with Crippen molar-refractivity contribution in [3.63, 3.8) is 0 Å². The van der Waals surface area contributed by atoms with Crippen LogP contribution in [0.15, 0.2) is 50.8 Å². The lowest BCUT2D eigenvalue weighted by atomic mass is 10.2. The van der Waals surface area contributed by atoms with Gasteiger partial charge in [-0.05, 0) is 106 Å². The van der Waals surface area contributed by atoms with Gasteiger partial charge in [-0.2, -0.15) is 0 Å². The third kappa shape index (κ3) is 4.93. The lowest BCUT2D eigenvalue weighted by Crippen LogP contribution is -2.28. The fraction of sp³-hybridized carbons (Fsp3) is 0.200. The number of nitrogens with zero attached hydrogens (tertiary/aromatic N) is 2. The maximum Gasteiger partial charge on any atom is 0.266 e. The first kappa shape index (κ1) is 21.7. The molecule has 0 radical (unpaired) electrons. The van der Waals surface area contributed by atoms with Gasteiger partial charge in [0.15, 0.2) is 5.17 Å². The summed E-state index contributed by atoms with van der Waals surface area (Å²) >= 11 is 13.1. The average Bonchev–Trinajstić information content (AvgIpc) is 2.95. The number of hydrogen-bond acceptors (Lipinski definition) is 4. The second-order valence-corrected chi connectivity index (χ2v) is 9.21. The summed E-state index contributed by atoms with van der Waals surface area (Å²) < 4.78 is 7.40. The van der Waals surface area contributed by atoms with Crippen molar-refractivity contribution in [2.75, 3.05) is 13.2 Å². The Labute approximate surface area is 195 Å². The minimum absolute atomic E-state index is 0.0432. The minimum Gasteiger partial charge on any atom is -0.493 e. The molecular formula is C20H17BrClIN2O2S. The summed E-state index contributed by atoms with van der Waals surface area (Å²) in [6.07, 6.45) is 1.89. The van der Waals surface area contributed by atoms with E-state index >= 15 is 0 Å². The average molecular weight is 592 g/mol. The highest BCUT2D eigenvalue weighted by atomic mass is 127. The molecule has 0 unspecified atom stereocenters. The van der Waals surface area contributed by atoms with Gasteiger partial charge in [-0.3, -0.25) is 9.69 Å². The zero-order valence-electron chi connectivity index (χ0n) is 15.2. The van der Waals surface area contributed by atoms with Crippen molar-refractivity contribution in [1.29, 1.82) is 0 Å². The van der Waals surface area contributed by atoms with Gasteiger partial charge >= 0.3 is 0 Å². The van der Waals surface area contributed by atoms with Gasteiger partial charge < -0.3 is 4.74 Å². The lowest BCUT2D eigenvalue weighted by molar-refractivity contribution is -0.122. The Bertz CT molecular complexity index is 981. The van der Waals surface area contributed by atoms with Crippen molar-refractivity contribution in [3.8, 4) is 5.75 Å². The first-order valence-corrected chi connectivity index (χ1v) is 11.7. The molecule has 1 fully saturated rings. The predicted molar refractivity (Wildman–Crippen MR) is 130 cm³/mol. The van der Waals surface area contributed by atoms with E-state index < -0.39 is 0 Å². The second-order valence-electron chi connectivity index (χ2n) is 5.78. The van der Waals surface area contributed by atoms with E-state index in [0.717, 1.165) is 19.4 Å². The fourth-order valence-corrected chi connectivity index (χ4v) is 4.75. The molecule has 28 heavy (non-hydrogen) atoms. The Kier molecular flexibility index (Phi) is 7.47. The van der Waals surface area contributed by atoms with Gasteiger partial charge in [-0.1, -0.05) is 17.7 Å². The van der Waals surface area contributed by atoms with Gasteiger partial charge in [-0.25, -0.2) is 4.99 Å². The van der Waals surface area contributed by atoms with Gasteiger partial charge in [0.05, 0.1) is 25.8 Å². The van der Waals surface area contributed by atoms with Crippen LogP contribution in [0.3, 0.4) is 0 Å². The molecule has 146 valence electrons. The molecule has 0 aliphatic carbocycles. The number of hydrogen-bond donors (Lipinski definition) is 0. The summed E-state index contributed by atoms with van der Waals surface area (Å²) in [4.78, 5) is 19.8. The number of rotatable bonds is 5. The molecule has 1 heterocycles. The van der Waals surface area contributed by atoms with Crippen LogP contribution in [0, 0.1) is 3.57 Å². The van der Waals surface area contributed by atoms with Crippen LogP contribution in [0.5, 0.6) is 5.75 Å². The summed E-state index contributed by atoms with van der Waals surface area (Å²) in [6.45, 7) is 5.06. The standard InChI is InChI=1S/C20H17BrClIN2O2S/c1-3-25-19(26)18(10-12-5-8-17(27-4-2)16(23)9-12)28-20(25)24-13-6-7-14(21)15(22)11-13/h5-11H,3-4H2,1-2H3/b18-10-,24-20?. The molecule has 4 nitrogen and oxygen atoms in total. The Balaban J connectivity index is 1.90. The summed E-state index contributed by atoms with van der Waals surface area (Å²) in [5, 5.41) is 1.23. The highest BCUT2D eigenvalue weighted by Gasteiger charge is 2.32. The number of carbonyl (C=O) groups is 1. The van der Waals surface area contributed by atoms with Crippen LogP contribution in [0.25, 0.3) is 6.08 Å². The van der Waals surface area contributed by atoms with E-state index in [1.54, 1.807) is 11.0 Å². The third-order valence-corrected chi connectivity index (χ3v) is 6.97. The van der Waals surface area contributed by atoms with Gasteiger partial charge in [0, 0.05) is 11.0 Å². The van der Waals surface area contributed by atoms with Crippen molar-refractivity contribution in [2.24, 2.45) is 4.99 Å². The lowest BCUT2D eigenvalue weighted by Gasteiger charge is -2.12. The van der Waals surface area contributed by atoms with Crippen LogP contribution >= 0.6 is 61.9 Å². The molecule has 1 aliphatic heterocycles. The fourth-order valence-electron chi connectivity index (χ4n) is 2.57. The van der Waals surface area contributed by atoms with Gasteiger partial charge in [0.2, 0.25) is 0 Å². The van der Waals surface area contributed by atoms with Gasteiger partial charge in [-0.15, -0.1) is 0 Å². The summed E-state index contributed by atoms with van der Waals surface area (Å²) in [5.41, 5.74) is 1.66. The largest absolute Gasteiger partial charge is 0.493 e. The highest BCUT2D eigenvalue weighted by Crippen LogP contribution is 2.35. The number of thioether (sulfide) groups is 1. The first-order valence-electron chi connectivity index (χ1n) is 8.60.